The Balaban J connectivity index is 1.32. The normalized spacial score (nSPS) is 20.0. The molecule has 0 amide bonds. The van der Waals surface area contributed by atoms with Gasteiger partial charge in [-0.3, -0.25) is 9.59 Å². The maximum Gasteiger partial charge on any atom is 0.196 e. The van der Waals surface area contributed by atoms with Crippen LogP contribution in [-0.2, 0) is 22.4 Å². The van der Waals surface area contributed by atoms with E-state index in [4.69, 9.17) is 9.15 Å². The van der Waals surface area contributed by atoms with E-state index in [9.17, 15) is 9.59 Å². The summed E-state index contributed by atoms with van der Waals surface area (Å²) in [5.74, 6) is -0.119. The predicted octanol–water partition coefficient (Wildman–Crippen LogP) is 4.52. The molecule has 30 heavy (non-hydrogen) atoms. The van der Waals surface area contributed by atoms with Crippen LogP contribution in [0.1, 0.15) is 16.7 Å². The first-order chi connectivity index (χ1) is 14.7. The summed E-state index contributed by atoms with van der Waals surface area (Å²) >= 11 is 0. The van der Waals surface area contributed by atoms with Gasteiger partial charge in [-0.15, -0.1) is 0 Å². The second kappa shape index (κ2) is 7.64. The Kier molecular flexibility index (Phi) is 4.68. The van der Waals surface area contributed by atoms with E-state index in [0.29, 0.717) is 34.9 Å². The Morgan fingerprint density at radius 3 is 2.40 bits per heavy atom. The minimum absolute atomic E-state index is 0.000161. The smallest absolute Gasteiger partial charge is 0.196 e. The van der Waals surface area contributed by atoms with E-state index in [1.807, 2.05) is 60.7 Å². The molecule has 0 saturated heterocycles. The van der Waals surface area contributed by atoms with Gasteiger partial charge in [-0.1, -0.05) is 54.6 Å². The van der Waals surface area contributed by atoms with E-state index in [0.717, 1.165) is 11.1 Å². The molecule has 1 aromatic heterocycles. The largest absolute Gasteiger partial charge is 0.492 e. The summed E-state index contributed by atoms with van der Waals surface area (Å²) in [5, 5.41) is 0.597. The fourth-order valence-corrected chi connectivity index (χ4v) is 3.97. The van der Waals surface area contributed by atoms with Crippen LogP contribution in [0.15, 0.2) is 100 Å². The Labute approximate surface area is 173 Å². The lowest BCUT2D eigenvalue weighted by Gasteiger charge is -2.28. The third kappa shape index (κ3) is 3.41. The maximum absolute atomic E-state index is 12.7. The molecule has 0 radical (unpaired) electrons. The molecular formula is C26H20O4. The summed E-state index contributed by atoms with van der Waals surface area (Å²) in [7, 11) is 0. The van der Waals surface area contributed by atoms with Crippen LogP contribution < -0.4 is 5.43 Å². The lowest BCUT2D eigenvalue weighted by molar-refractivity contribution is -0.122. The summed E-state index contributed by atoms with van der Waals surface area (Å²) in [6, 6.07) is 15.2. The van der Waals surface area contributed by atoms with Gasteiger partial charge in [-0.05, 0) is 29.3 Å². The third-order valence-electron chi connectivity index (χ3n) is 5.63. The van der Waals surface area contributed by atoms with Crippen LogP contribution in [-0.4, -0.2) is 11.9 Å². The molecule has 4 heteroatoms. The monoisotopic (exact) mass is 396 g/mol. The van der Waals surface area contributed by atoms with Crippen molar-refractivity contribution < 1.29 is 13.9 Å². The molecule has 0 spiro atoms. The number of Topliss-reactive ketones (excluding diaryl/α,β-unsaturated/α-hetero) is 1. The van der Waals surface area contributed by atoms with Crippen molar-refractivity contribution in [1.29, 1.82) is 0 Å². The lowest BCUT2D eigenvalue weighted by atomic mass is 9.86. The van der Waals surface area contributed by atoms with Crippen LogP contribution in [0.5, 0.6) is 0 Å². The van der Waals surface area contributed by atoms with Gasteiger partial charge >= 0.3 is 0 Å². The van der Waals surface area contributed by atoms with Crippen molar-refractivity contribution in [3.8, 4) is 0 Å². The molecule has 0 fully saturated rings. The molecule has 2 aromatic carbocycles. The predicted molar refractivity (Wildman–Crippen MR) is 115 cm³/mol. The summed E-state index contributed by atoms with van der Waals surface area (Å²) in [4.78, 5) is 25.4. The van der Waals surface area contributed by atoms with Crippen LogP contribution in [0, 0.1) is 5.92 Å². The summed E-state index contributed by atoms with van der Waals surface area (Å²) < 4.78 is 11.3. The topological polar surface area (TPSA) is 56.5 Å². The van der Waals surface area contributed by atoms with Gasteiger partial charge in [-0.2, -0.15) is 0 Å². The average Bonchev–Trinajstić information content (AvgIpc) is 2.79. The molecule has 3 aromatic rings. The van der Waals surface area contributed by atoms with E-state index in [2.05, 4.69) is 0 Å². The third-order valence-corrected chi connectivity index (χ3v) is 5.63. The molecule has 2 atom stereocenters. The van der Waals surface area contributed by atoms with Crippen molar-refractivity contribution in [2.75, 3.05) is 0 Å². The number of allylic oxidation sites excluding steroid dienone is 3. The SMILES string of the molecule is O=C1C(Cc2ccc(Cc3coc4ccccc4c3=O)cc2)=COC2C=CC=CC12. The molecule has 5 rings (SSSR count). The number of hydrogen-bond donors (Lipinski definition) is 0. The van der Waals surface area contributed by atoms with Gasteiger partial charge in [0.25, 0.3) is 0 Å². The molecule has 148 valence electrons. The molecule has 2 aliphatic rings. The highest BCUT2D eigenvalue weighted by Gasteiger charge is 2.32. The van der Waals surface area contributed by atoms with Crippen LogP contribution in [0.2, 0.25) is 0 Å². The van der Waals surface area contributed by atoms with Crippen molar-refractivity contribution in [1.82, 2.24) is 0 Å². The number of benzene rings is 2. The first-order valence-corrected chi connectivity index (χ1v) is 10.00. The van der Waals surface area contributed by atoms with Crippen LogP contribution in [0.25, 0.3) is 11.0 Å². The molecule has 0 saturated carbocycles. The lowest BCUT2D eigenvalue weighted by Crippen LogP contribution is -2.33. The van der Waals surface area contributed by atoms with Gasteiger partial charge in [0.05, 0.1) is 23.8 Å². The van der Waals surface area contributed by atoms with E-state index in [1.165, 1.54) is 0 Å². The first kappa shape index (κ1) is 18.4. The first-order valence-electron chi connectivity index (χ1n) is 10.00. The van der Waals surface area contributed by atoms with Gasteiger partial charge in [0, 0.05) is 24.0 Å². The second-order valence-electron chi connectivity index (χ2n) is 7.66. The summed E-state index contributed by atoms with van der Waals surface area (Å²) in [6.45, 7) is 0. The zero-order chi connectivity index (χ0) is 20.5. The summed E-state index contributed by atoms with van der Waals surface area (Å²) in [6.07, 6.45) is 11.6. The van der Waals surface area contributed by atoms with Crippen molar-refractivity contribution >= 4 is 16.8 Å². The van der Waals surface area contributed by atoms with Gasteiger partial charge in [0.15, 0.2) is 11.2 Å². The highest BCUT2D eigenvalue weighted by atomic mass is 16.5. The quantitative estimate of drug-likeness (QED) is 0.651. The fourth-order valence-electron chi connectivity index (χ4n) is 3.97. The van der Waals surface area contributed by atoms with Crippen LogP contribution >= 0.6 is 0 Å². The number of fused-ring (bicyclic) bond motifs is 2. The Morgan fingerprint density at radius 2 is 1.57 bits per heavy atom. The van der Waals surface area contributed by atoms with Gasteiger partial charge in [-0.25, -0.2) is 0 Å². The molecule has 1 aliphatic carbocycles. The van der Waals surface area contributed by atoms with Crippen molar-refractivity contribution in [3.63, 3.8) is 0 Å². The highest BCUT2D eigenvalue weighted by Crippen LogP contribution is 2.27. The number of ketones is 1. The van der Waals surface area contributed by atoms with Crippen LogP contribution in [0.4, 0.5) is 0 Å². The molecule has 1 aliphatic heterocycles. The second-order valence-corrected chi connectivity index (χ2v) is 7.66. The molecule has 2 unspecified atom stereocenters. The maximum atomic E-state index is 12.7. The highest BCUT2D eigenvalue weighted by molar-refractivity contribution is 5.99. The van der Waals surface area contributed by atoms with Crippen LogP contribution in [0.3, 0.4) is 0 Å². The van der Waals surface area contributed by atoms with Gasteiger partial charge in [0.1, 0.15) is 11.7 Å². The van der Waals surface area contributed by atoms with Gasteiger partial charge in [0.2, 0.25) is 0 Å². The minimum Gasteiger partial charge on any atom is -0.492 e. The van der Waals surface area contributed by atoms with Crippen molar-refractivity contribution in [2.45, 2.75) is 18.9 Å². The zero-order valence-electron chi connectivity index (χ0n) is 16.3. The average molecular weight is 396 g/mol. The number of ether oxygens (including phenoxy) is 1. The Bertz CT molecular complexity index is 1260. The molecule has 4 nitrogen and oxygen atoms in total. The zero-order valence-corrected chi connectivity index (χ0v) is 16.3. The van der Waals surface area contributed by atoms with Gasteiger partial charge < -0.3 is 9.15 Å². The van der Waals surface area contributed by atoms with Crippen molar-refractivity contribution in [3.05, 3.63) is 118 Å². The Morgan fingerprint density at radius 1 is 0.833 bits per heavy atom. The van der Waals surface area contributed by atoms with E-state index in [-0.39, 0.29) is 23.2 Å². The molecule has 2 heterocycles. The molecule has 0 bridgehead atoms. The minimum atomic E-state index is -0.235. The number of rotatable bonds is 4. The van der Waals surface area contributed by atoms with E-state index in [1.54, 1.807) is 24.7 Å². The van der Waals surface area contributed by atoms with E-state index < -0.39 is 0 Å². The van der Waals surface area contributed by atoms with Crippen molar-refractivity contribution in [2.24, 2.45) is 5.92 Å². The number of hydrogen-bond acceptors (Lipinski definition) is 4. The molecule has 0 N–H and O–H groups in total. The Hall–Kier alpha value is -3.66. The fraction of sp³-hybridized carbons (Fsp3) is 0.154. The molecular weight excluding hydrogens is 376 g/mol. The number of para-hydroxylation sites is 1. The van der Waals surface area contributed by atoms with E-state index >= 15 is 0 Å². The summed E-state index contributed by atoms with van der Waals surface area (Å²) in [5.41, 5.74) is 3.95. The number of carbonyl (C=O) groups excluding carboxylic acids is 1. The standard InChI is InChI=1S/C26H20O4/c27-25-19(15-29-23-7-3-1-5-21(23)25)13-17-9-11-18(12-10-17)14-20-16-30-24-8-4-2-6-22(24)26(20)28/h1-12,15-16,21,23H,13-14H2. The number of carbonyl (C=O) groups is 1.